The average molecular weight is 328 g/mol. The second-order valence-electron chi connectivity index (χ2n) is 5.59. The van der Waals surface area contributed by atoms with E-state index < -0.39 is 0 Å². The van der Waals surface area contributed by atoms with E-state index in [2.05, 4.69) is 25.3 Å². The summed E-state index contributed by atoms with van der Waals surface area (Å²) in [6, 6.07) is 1.81. The summed E-state index contributed by atoms with van der Waals surface area (Å²) < 4.78 is 4.99. The van der Waals surface area contributed by atoms with Crippen molar-refractivity contribution in [3.8, 4) is 0 Å². The second kappa shape index (κ2) is 7.78. The smallest absolute Gasteiger partial charge is 0.249 e. The fourth-order valence-corrected chi connectivity index (χ4v) is 2.86. The van der Waals surface area contributed by atoms with Crippen molar-refractivity contribution in [2.45, 2.75) is 25.3 Å². The zero-order valence-corrected chi connectivity index (χ0v) is 13.6. The zero-order chi connectivity index (χ0) is 16.8. The molecule has 2 aromatic heterocycles. The summed E-state index contributed by atoms with van der Waals surface area (Å²) in [6.07, 6.45) is 9.42. The monoisotopic (exact) mass is 328 g/mol. The molecule has 2 aromatic rings. The van der Waals surface area contributed by atoms with E-state index in [0.29, 0.717) is 11.6 Å². The Morgan fingerprint density at radius 1 is 1.38 bits per heavy atom. The fourth-order valence-electron chi connectivity index (χ4n) is 2.86. The number of nitrogens with zero attached hydrogens (tertiary/aromatic N) is 5. The lowest BCUT2D eigenvalue weighted by molar-refractivity contribution is -0.139. The molecule has 0 saturated carbocycles. The number of nitrogens with one attached hydrogen (secondary N) is 1. The van der Waals surface area contributed by atoms with Gasteiger partial charge in [-0.1, -0.05) is 0 Å². The molecule has 8 heteroatoms. The molecule has 0 unspecified atom stereocenters. The maximum absolute atomic E-state index is 12.3. The quantitative estimate of drug-likeness (QED) is 0.893. The molecule has 1 fully saturated rings. The lowest BCUT2D eigenvalue weighted by Crippen LogP contribution is -2.40. The number of aromatic nitrogens is 4. The number of carbonyl (C=O) groups excluding carboxylic acids is 1. The number of carbonyl (C=O) groups is 1. The van der Waals surface area contributed by atoms with E-state index in [0.717, 1.165) is 31.5 Å². The molecule has 1 aliphatic rings. The minimum atomic E-state index is -0.0445. The predicted octanol–water partition coefficient (Wildman–Crippen LogP) is 1.71. The minimum absolute atomic E-state index is 0.00761. The van der Waals surface area contributed by atoms with E-state index >= 15 is 0 Å². The first kappa shape index (κ1) is 16.3. The molecule has 8 nitrogen and oxygen atoms in total. The summed E-state index contributed by atoms with van der Waals surface area (Å²) in [7, 11) is 1.53. The van der Waals surface area contributed by atoms with Crippen LogP contribution in [0.15, 0.2) is 31.0 Å². The Morgan fingerprint density at radius 2 is 2.21 bits per heavy atom. The van der Waals surface area contributed by atoms with Gasteiger partial charge in [-0.15, -0.1) is 0 Å². The van der Waals surface area contributed by atoms with Gasteiger partial charge in [0.15, 0.2) is 0 Å². The zero-order valence-electron chi connectivity index (χ0n) is 13.6. The first-order valence-electron chi connectivity index (χ1n) is 7.91. The van der Waals surface area contributed by atoms with Gasteiger partial charge >= 0.3 is 0 Å². The summed E-state index contributed by atoms with van der Waals surface area (Å²) in [4.78, 5) is 30.8. The Balaban J connectivity index is 1.79. The van der Waals surface area contributed by atoms with Crippen molar-refractivity contribution in [2.75, 3.05) is 25.6 Å². The highest BCUT2D eigenvalue weighted by molar-refractivity contribution is 5.78. The largest absolute Gasteiger partial charge is 0.375 e. The minimum Gasteiger partial charge on any atom is -0.375 e. The van der Waals surface area contributed by atoms with Crippen LogP contribution in [0.1, 0.15) is 31.0 Å². The van der Waals surface area contributed by atoms with Gasteiger partial charge in [0.25, 0.3) is 0 Å². The average Bonchev–Trinajstić information content (AvgIpc) is 2.63. The third-order valence-corrected chi connectivity index (χ3v) is 3.93. The molecule has 1 atom stereocenters. The Bertz CT molecular complexity index is 681. The molecule has 3 heterocycles. The molecule has 1 amide bonds. The maximum Gasteiger partial charge on any atom is 0.249 e. The molecule has 0 bridgehead atoms. The molecular weight excluding hydrogens is 308 g/mol. The van der Waals surface area contributed by atoms with Crippen molar-refractivity contribution in [1.82, 2.24) is 24.8 Å². The number of ether oxygens (including phenoxy) is 1. The SMILES string of the molecule is COCC(=O)N1CCCC[C@@H]1c1ccnc(Nc2cncnc2)n1. The topological polar surface area (TPSA) is 93.1 Å². The Hall–Kier alpha value is -2.61. The highest BCUT2D eigenvalue weighted by atomic mass is 16.5. The van der Waals surface area contributed by atoms with Crippen LogP contribution in [0.25, 0.3) is 0 Å². The van der Waals surface area contributed by atoms with Crippen molar-refractivity contribution < 1.29 is 9.53 Å². The normalized spacial score (nSPS) is 17.5. The summed E-state index contributed by atoms with van der Waals surface area (Å²) in [6.45, 7) is 0.820. The predicted molar refractivity (Wildman–Crippen MR) is 87.5 cm³/mol. The third-order valence-electron chi connectivity index (χ3n) is 3.93. The van der Waals surface area contributed by atoms with Gasteiger partial charge in [0.05, 0.1) is 29.8 Å². The number of methoxy groups -OCH3 is 1. The van der Waals surface area contributed by atoms with Crippen molar-refractivity contribution in [3.63, 3.8) is 0 Å². The third kappa shape index (κ3) is 3.83. The lowest BCUT2D eigenvalue weighted by Gasteiger charge is -2.35. The van der Waals surface area contributed by atoms with Gasteiger partial charge in [-0.3, -0.25) is 4.79 Å². The molecule has 1 N–H and O–H groups in total. The van der Waals surface area contributed by atoms with E-state index in [1.54, 1.807) is 18.6 Å². The molecule has 0 radical (unpaired) electrons. The van der Waals surface area contributed by atoms with Gasteiger partial charge in [0.2, 0.25) is 11.9 Å². The fraction of sp³-hybridized carbons (Fsp3) is 0.438. The number of hydrogen-bond donors (Lipinski definition) is 1. The van der Waals surface area contributed by atoms with Crippen molar-refractivity contribution in [2.24, 2.45) is 0 Å². The summed E-state index contributed by atoms with van der Waals surface area (Å²) >= 11 is 0. The standard InChI is InChI=1S/C16H20N6O2/c1-24-10-15(23)22-7-3-2-4-14(22)13-5-6-19-16(21-13)20-12-8-17-11-18-9-12/h5-6,8-9,11,14H,2-4,7,10H2,1H3,(H,19,20,21)/t14-/m1/s1. The van der Waals surface area contributed by atoms with Crippen LogP contribution in [0.4, 0.5) is 11.6 Å². The molecular formula is C16H20N6O2. The van der Waals surface area contributed by atoms with Crippen LogP contribution in [0.5, 0.6) is 0 Å². The van der Waals surface area contributed by atoms with Crippen LogP contribution in [0, 0.1) is 0 Å². The number of anilines is 2. The van der Waals surface area contributed by atoms with Crippen LogP contribution in [0.3, 0.4) is 0 Å². The van der Waals surface area contributed by atoms with E-state index in [1.807, 2.05) is 11.0 Å². The van der Waals surface area contributed by atoms with Gasteiger partial charge in [0.1, 0.15) is 12.9 Å². The first-order chi connectivity index (χ1) is 11.8. The number of amides is 1. The van der Waals surface area contributed by atoms with E-state index in [4.69, 9.17) is 4.74 Å². The van der Waals surface area contributed by atoms with Gasteiger partial charge in [-0.05, 0) is 25.3 Å². The Morgan fingerprint density at radius 3 is 3.00 bits per heavy atom. The molecule has 24 heavy (non-hydrogen) atoms. The second-order valence-corrected chi connectivity index (χ2v) is 5.59. The lowest BCUT2D eigenvalue weighted by atomic mass is 9.99. The van der Waals surface area contributed by atoms with E-state index in [-0.39, 0.29) is 18.6 Å². The van der Waals surface area contributed by atoms with E-state index in [9.17, 15) is 4.79 Å². The van der Waals surface area contributed by atoms with Crippen molar-refractivity contribution in [1.29, 1.82) is 0 Å². The van der Waals surface area contributed by atoms with Crippen LogP contribution < -0.4 is 5.32 Å². The molecule has 1 saturated heterocycles. The van der Waals surface area contributed by atoms with Gasteiger partial charge in [0, 0.05) is 19.9 Å². The van der Waals surface area contributed by atoms with Gasteiger partial charge < -0.3 is 15.0 Å². The maximum atomic E-state index is 12.3. The molecule has 126 valence electrons. The first-order valence-corrected chi connectivity index (χ1v) is 7.91. The van der Waals surface area contributed by atoms with Crippen molar-refractivity contribution >= 4 is 17.5 Å². The highest BCUT2D eigenvalue weighted by Crippen LogP contribution is 2.30. The van der Waals surface area contributed by atoms with Crippen LogP contribution >= 0.6 is 0 Å². The summed E-state index contributed by atoms with van der Waals surface area (Å²) in [5.74, 6) is 0.457. The molecule has 0 spiro atoms. The van der Waals surface area contributed by atoms with E-state index in [1.165, 1.54) is 13.4 Å². The summed E-state index contributed by atoms with van der Waals surface area (Å²) in [5, 5.41) is 3.08. The molecule has 3 rings (SSSR count). The van der Waals surface area contributed by atoms with Crippen LogP contribution in [0.2, 0.25) is 0 Å². The Labute approximate surface area is 140 Å². The van der Waals surface area contributed by atoms with Crippen molar-refractivity contribution in [3.05, 3.63) is 36.7 Å². The molecule has 1 aliphatic heterocycles. The number of hydrogen-bond acceptors (Lipinski definition) is 7. The number of rotatable bonds is 5. The van der Waals surface area contributed by atoms with Crippen LogP contribution in [-0.2, 0) is 9.53 Å². The van der Waals surface area contributed by atoms with Gasteiger partial charge in [-0.2, -0.15) is 0 Å². The molecule has 0 aromatic carbocycles. The number of piperidine rings is 1. The highest BCUT2D eigenvalue weighted by Gasteiger charge is 2.29. The Kier molecular flexibility index (Phi) is 5.27. The van der Waals surface area contributed by atoms with Crippen LogP contribution in [-0.4, -0.2) is 51.0 Å². The number of likely N-dealkylation sites (tertiary alicyclic amines) is 1. The summed E-state index contributed by atoms with van der Waals surface area (Å²) in [5.41, 5.74) is 1.54. The molecule has 0 aliphatic carbocycles. The van der Waals surface area contributed by atoms with Gasteiger partial charge in [-0.25, -0.2) is 19.9 Å².